The molecule has 0 unspecified atom stereocenters. The number of aromatic amines is 1. The number of carbonyl (C=O) groups excluding carboxylic acids is 1. The molecule has 0 spiro atoms. The number of aliphatic hydroxyl groups excluding tert-OH is 1. The minimum absolute atomic E-state index is 0.00278. The number of thiophene rings is 1. The highest BCUT2D eigenvalue weighted by Crippen LogP contribution is 2.40. The second-order valence-electron chi connectivity index (χ2n) is 7.91. The van der Waals surface area contributed by atoms with E-state index in [1.54, 1.807) is 11.5 Å². The van der Waals surface area contributed by atoms with Crippen LogP contribution in [0.3, 0.4) is 0 Å². The van der Waals surface area contributed by atoms with Crippen molar-refractivity contribution in [3.8, 4) is 10.4 Å². The number of hydrogen-bond acceptors (Lipinski definition) is 7. The summed E-state index contributed by atoms with van der Waals surface area (Å²) >= 11 is 1.22. The van der Waals surface area contributed by atoms with E-state index in [1.807, 2.05) is 27.7 Å². The van der Waals surface area contributed by atoms with Gasteiger partial charge < -0.3 is 5.11 Å². The first-order valence-electron chi connectivity index (χ1n) is 10.1. The normalized spacial score (nSPS) is 16.7. The number of aliphatic hydroxyl groups is 1. The van der Waals surface area contributed by atoms with Gasteiger partial charge in [0, 0.05) is 23.8 Å². The van der Waals surface area contributed by atoms with Gasteiger partial charge in [-0.15, -0.1) is 11.3 Å². The van der Waals surface area contributed by atoms with Crippen molar-refractivity contribution in [2.75, 3.05) is 13.2 Å². The molecule has 2 N–H and O–H groups in total. The van der Waals surface area contributed by atoms with Crippen LogP contribution in [0, 0.1) is 13.8 Å². The quantitative estimate of drug-likeness (QED) is 0.626. The predicted octanol–water partition coefficient (Wildman–Crippen LogP) is 1.58. The first-order chi connectivity index (χ1) is 14.7. The molecule has 1 aliphatic heterocycles. The number of aryl methyl sites for hydroxylation is 2. The zero-order valence-electron chi connectivity index (χ0n) is 18.1. The van der Waals surface area contributed by atoms with Gasteiger partial charge in [0.2, 0.25) is 0 Å². The van der Waals surface area contributed by atoms with Gasteiger partial charge in [-0.1, -0.05) is 0 Å². The van der Waals surface area contributed by atoms with Gasteiger partial charge in [-0.2, -0.15) is 5.10 Å². The molecule has 3 aromatic heterocycles. The lowest BCUT2D eigenvalue weighted by Crippen LogP contribution is -2.40. The monoisotopic (exact) mass is 447 g/mol. The molecule has 4 heterocycles. The van der Waals surface area contributed by atoms with Gasteiger partial charge in [0.1, 0.15) is 17.5 Å². The van der Waals surface area contributed by atoms with Crippen LogP contribution in [0.1, 0.15) is 48.6 Å². The summed E-state index contributed by atoms with van der Waals surface area (Å²) in [5.41, 5.74) is 1.39. The average Bonchev–Trinajstić information content (AvgIpc) is 3.38. The lowest BCUT2D eigenvalue weighted by atomic mass is 10.0. The van der Waals surface area contributed by atoms with Gasteiger partial charge in [0.05, 0.1) is 28.1 Å². The maximum Gasteiger partial charge on any atom is 0.332 e. The summed E-state index contributed by atoms with van der Waals surface area (Å²) in [7, 11) is 0. The molecular formula is C20H25N5O5S. The third-order valence-electron chi connectivity index (χ3n) is 5.43. The minimum atomic E-state index is -0.796. The third-order valence-corrected chi connectivity index (χ3v) is 6.64. The van der Waals surface area contributed by atoms with Gasteiger partial charge in [-0.3, -0.25) is 28.7 Å². The van der Waals surface area contributed by atoms with Crippen molar-refractivity contribution >= 4 is 27.5 Å². The highest BCUT2D eigenvalue weighted by atomic mass is 32.1. The van der Waals surface area contributed by atoms with Crippen molar-refractivity contribution in [1.82, 2.24) is 24.4 Å². The lowest BCUT2D eigenvalue weighted by Gasteiger charge is -2.16. The van der Waals surface area contributed by atoms with E-state index in [-0.39, 0.29) is 36.7 Å². The van der Waals surface area contributed by atoms with Gasteiger partial charge in [0.15, 0.2) is 0 Å². The maximum absolute atomic E-state index is 13.6. The number of carbonyl (C=O) groups is 1. The second kappa shape index (κ2) is 7.74. The fraction of sp³-hybridized carbons (Fsp3) is 0.500. The van der Waals surface area contributed by atoms with Crippen LogP contribution < -0.4 is 11.2 Å². The van der Waals surface area contributed by atoms with Crippen LogP contribution in [0.5, 0.6) is 0 Å². The number of nitrogens with zero attached hydrogens (tertiary/aromatic N) is 4. The van der Waals surface area contributed by atoms with E-state index in [4.69, 9.17) is 4.84 Å². The van der Waals surface area contributed by atoms with Crippen LogP contribution in [-0.2, 0) is 11.4 Å². The predicted molar refractivity (Wildman–Crippen MR) is 116 cm³/mol. The number of H-pyrrole nitrogens is 1. The fourth-order valence-corrected chi connectivity index (χ4v) is 5.53. The lowest BCUT2D eigenvalue weighted by molar-refractivity contribution is -0.0777. The highest BCUT2D eigenvalue weighted by molar-refractivity contribution is 7.22. The Morgan fingerprint density at radius 1 is 1.35 bits per heavy atom. The zero-order valence-corrected chi connectivity index (χ0v) is 18.9. The average molecular weight is 448 g/mol. The minimum Gasteiger partial charge on any atom is -0.389 e. The smallest absolute Gasteiger partial charge is 0.332 e. The van der Waals surface area contributed by atoms with Crippen molar-refractivity contribution in [3.05, 3.63) is 37.8 Å². The topological polar surface area (TPSA) is 122 Å². The summed E-state index contributed by atoms with van der Waals surface area (Å²) in [6.45, 7) is 9.28. The van der Waals surface area contributed by atoms with E-state index < -0.39 is 23.3 Å². The van der Waals surface area contributed by atoms with Crippen LogP contribution in [-0.4, -0.2) is 54.7 Å². The Bertz CT molecular complexity index is 1280. The molecule has 1 atom stereocenters. The summed E-state index contributed by atoms with van der Waals surface area (Å²) in [6.07, 6.45) is -0.796. The Morgan fingerprint density at radius 3 is 2.58 bits per heavy atom. The Morgan fingerprint density at radius 2 is 2.06 bits per heavy atom. The number of amides is 1. The summed E-state index contributed by atoms with van der Waals surface area (Å²) in [4.78, 5) is 46.3. The van der Waals surface area contributed by atoms with Crippen LogP contribution in [0.4, 0.5) is 0 Å². The molecule has 1 fully saturated rings. The summed E-state index contributed by atoms with van der Waals surface area (Å²) in [6, 6.07) is -0.223. The van der Waals surface area contributed by atoms with E-state index in [1.165, 1.54) is 11.3 Å². The summed E-state index contributed by atoms with van der Waals surface area (Å²) in [5, 5.41) is 18.3. The van der Waals surface area contributed by atoms with E-state index >= 15 is 0 Å². The molecule has 1 aliphatic rings. The van der Waals surface area contributed by atoms with Crippen molar-refractivity contribution in [3.63, 3.8) is 0 Å². The van der Waals surface area contributed by atoms with Crippen LogP contribution in [0.2, 0.25) is 0 Å². The number of hydrogen-bond donors (Lipinski definition) is 2. The summed E-state index contributed by atoms with van der Waals surface area (Å²) < 4.78 is 2.69. The molecule has 3 aromatic rings. The van der Waals surface area contributed by atoms with Crippen molar-refractivity contribution in [1.29, 1.82) is 0 Å². The number of aromatic nitrogens is 4. The molecular weight excluding hydrogens is 422 g/mol. The highest BCUT2D eigenvalue weighted by Gasteiger charge is 2.35. The zero-order chi connectivity index (χ0) is 22.6. The molecule has 11 heteroatoms. The molecule has 1 amide bonds. The Balaban J connectivity index is 2.15. The Labute approximate surface area is 181 Å². The first kappa shape index (κ1) is 21.5. The fourth-order valence-electron chi connectivity index (χ4n) is 3.96. The largest absolute Gasteiger partial charge is 0.389 e. The van der Waals surface area contributed by atoms with Crippen LogP contribution in [0.15, 0.2) is 9.59 Å². The molecule has 0 radical (unpaired) electrons. The van der Waals surface area contributed by atoms with Crippen molar-refractivity contribution in [2.24, 2.45) is 0 Å². The van der Waals surface area contributed by atoms with Crippen LogP contribution in [0.25, 0.3) is 20.7 Å². The molecule has 1 saturated heterocycles. The SMILES string of the molecule is CCn1c(=O)c2c(C(=O)N3C[C@H](O)CO3)c(-c3c(C)n[nH]c3C)sc2n(C(C)C)c1=O. The molecule has 10 nitrogen and oxygen atoms in total. The van der Waals surface area contributed by atoms with Gasteiger partial charge in [-0.05, 0) is 34.6 Å². The Hall–Kier alpha value is -2.76. The number of rotatable bonds is 4. The van der Waals surface area contributed by atoms with E-state index in [2.05, 4.69) is 10.2 Å². The third kappa shape index (κ3) is 3.24. The van der Waals surface area contributed by atoms with E-state index in [0.717, 1.165) is 20.9 Å². The molecule has 0 aromatic carbocycles. The molecule has 0 saturated carbocycles. The van der Waals surface area contributed by atoms with Crippen LogP contribution >= 0.6 is 11.3 Å². The number of hydroxylamine groups is 2. The number of nitrogens with one attached hydrogen (secondary N) is 1. The molecule has 0 aliphatic carbocycles. The van der Waals surface area contributed by atoms with Crippen molar-refractivity contribution < 1.29 is 14.7 Å². The van der Waals surface area contributed by atoms with Gasteiger partial charge in [-0.25, -0.2) is 9.86 Å². The van der Waals surface area contributed by atoms with E-state index in [0.29, 0.717) is 15.4 Å². The molecule has 4 rings (SSSR count). The second-order valence-corrected chi connectivity index (χ2v) is 8.91. The van der Waals surface area contributed by atoms with Gasteiger partial charge in [0.25, 0.3) is 11.5 Å². The Kier molecular flexibility index (Phi) is 5.36. The van der Waals surface area contributed by atoms with Gasteiger partial charge >= 0.3 is 5.69 Å². The number of β-amino-alcohol motifs (C(OH)–C–C–N with tert-alkyl or cyclic N) is 1. The summed E-state index contributed by atoms with van der Waals surface area (Å²) in [5.74, 6) is -0.522. The molecule has 166 valence electrons. The van der Waals surface area contributed by atoms with Crippen molar-refractivity contribution in [2.45, 2.75) is 53.3 Å². The number of fused-ring (bicyclic) bond motifs is 1. The first-order valence-corrected chi connectivity index (χ1v) is 11.0. The standard InChI is InChI=1S/C20H25N5O5S/c1-6-23-17(27)15-14(18(28)24-7-12(26)8-30-24)16(13-10(4)21-22-11(13)5)31-19(15)25(9(2)3)20(23)29/h9,12,26H,6-8H2,1-5H3,(H,21,22)/t12-/m0/s1. The maximum atomic E-state index is 13.6. The molecule has 31 heavy (non-hydrogen) atoms. The molecule has 0 bridgehead atoms. The van der Waals surface area contributed by atoms with E-state index in [9.17, 15) is 19.5 Å².